The molecule has 0 bridgehead atoms. The molecule has 0 aromatic carbocycles. The van der Waals surface area contributed by atoms with Crippen molar-refractivity contribution < 1.29 is 0 Å². The molecule has 0 unspecified atom stereocenters. The van der Waals surface area contributed by atoms with Gasteiger partial charge >= 0.3 is 0 Å². The normalized spacial score (nSPS) is 10.9. The predicted octanol–water partition coefficient (Wildman–Crippen LogP) is 1.42. The van der Waals surface area contributed by atoms with Crippen LogP contribution in [0.3, 0.4) is 0 Å². The molecule has 0 spiro atoms. The minimum absolute atomic E-state index is 0.649. The van der Waals surface area contributed by atoms with Crippen molar-refractivity contribution in [3.63, 3.8) is 0 Å². The molecular formula is C12H14N6. The molecule has 0 aliphatic rings. The molecular weight excluding hydrogens is 228 g/mol. The standard InChI is InChI=1S/C12H14N6/c1-9-3-2-4-11-16-12(17-18(9)11)15-6-5-10-13-7-8-14-10/h2-4,7-8H,5-6H2,1H3,(H,13,14)(H,15,17). The number of fused-ring (bicyclic) bond motifs is 1. The van der Waals surface area contributed by atoms with Crippen LogP contribution in [0.15, 0.2) is 30.6 Å². The summed E-state index contributed by atoms with van der Waals surface area (Å²) < 4.78 is 1.83. The summed E-state index contributed by atoms with van der Waals surface area (Å²) in [5, 5.41) is 7.59. The van der Waals surface area contributed by atoms with Gasteiger partial charge in [-0.05, 0) is 19.1 Å². The molecule has 0 saturated heterocycles. The highest BCUT2D eigenvalue weighted by Crippen LogP contribution is 2.07. The number of aromatic amines is 1. The fourth-order valence-electron chi connectivity index (χ4n) is 1.84. The first-order valence-corrected chi connectivity index (χ1v) is 5.87. The number of pyridine rings is 1. The Kier molecular flexibility index (Phi) is 2.68. The Morgan fingerprint density at radius 3 is 3.11 bits per heavy atom. The van der Waals surface area contributed by atoms with Gasteiger partial charge in [0.05, 0.1) is 0 Å². The quantitative estimate of drug-likeness (QED) is 0.725. The average Bonchev–Trinajstić information content (AvgIpc) is 2.98. The first-order valence-electron chi connectivity index (χ1n) is 5.87. The van der Waals surface area contributed by atoms with E-state index in [-0.39, 0.29) is 0 Å². The summed E-state index contributed by atoms with van der Waals surface area (Å²) in [6, 6.07) is 5.93. The maximum absolute atomic E-state index is 4.40. The van der Waals surface area contributed by atoms with Crippen LogP contribution < -0.4 is 5.32 Å². The van der Waals surface area contributed by atoms with Crippen LogP contribution in [0.4, 0.5) is 5.95 Å². The summed E-state index contributed by atoms with van der Waals surface area (Å²) in [4.78, 5) is 11.6. The lowest BCUT2D eigenvalue weighted by Crippen LogP contribution is -2.07. The number of hydrogen-bond acceptors (Lipinski definition) is 4. The fraction of sp³-hybridized carbons (Fsp3) is 0.250. The number of hydrogen-bond donors (Lipinski definition) is 2. The second kappa shape index (κ2) is 4.48. The van der Waals surface area contributed by atoms with E-state index >= 15 is 0 Å². The summed E-state index contributed by atoms with van der Waals surface area (Å²) in [6.07, 6.45) is 4.39. The molecule has 0 radical (unpaired) electrons. The lowest BCUT2D eigenvalue weighted by molar-refractivity contribution is 0.887. The molecule has 2 N–H and O–H groups in total. The van der Waals surface area contributed by atoms with E-state index in [9.17, 15) is 0 Å². The molecule has 0 fully saturated rings. The van der Waals surface area contributed by atoms with Crippen molar-refractivity contribution in [3.05, 3.63) is 42.1 Å². The van der Waals surface area contributed by atoms with Crippen molar-refractivity contribution in [2.45, 2.75) is 13.3 Å². The first-order chi connectivity index (χ1) is 8.83. The molecule has 3 aromatic rings. The molecule has 18 heavy (non-hydrogen) atoms. The number of imidazole rings is 1. The van der Waals surface area contributed by atoms with Gasteiger partial charge in [0.15, 0.2) is 5.65 Å². The molecule has 3 aromatic heterocycles. The largest absolute Gasteiger partial charge is 0.352 e. The van der Waals surface area contributed by atoms with Crippen LogP contribution in [0.2, 0.25) is 0 Å². The van der Waals surface area contributed by atoms with E-state index in [1.807, 2.05) is 35.8 Å². The Morgan fingerprint density at radius 2 is 2.33 bits per heavy atom. The van der Waals surface area contributed by atoms with Crippen molar-refractivity contribution in [1.29, 1.82) is 0 Å². The van der Waals surface area contributed by atoms with Crippen LogP contribution in [0.1, 0.15) is 11.5 Å². The third-order valence-corrected chi connectivity index (χ3v) is 2.75. The topological polar surface area (TPSA) is 70.9 Å². The van der Waals surface area contributed by atoms with Gasteiger partial charge in [-0.3, -0.25) is 0 Å². The minimum Gasteiger partial charge on any atom is -0.352 e. The van der Waals surface area contributed by atoms with E-state index < -0.39 is 0 Å². The number of nitrogens with one attached hydrogen (secondary N) is 2. The van der Waals surface area contributed by atoms with Gasteiger partial charge in [-0.2, -0.15) is 4.98 Å². The van der Waals surface area contributed by atoms with Crippen molar-refractivity contribution in [2.75, 3.05) is 11.9 Å². The highest BCUT2D eigenvalue weighted by atomic mass is 15.3. The molecule has 3 heterocycles. The Bertz CT molecular complexity index is 640. The lowest BCUT2D eigenvalue weighted by Gasteiger charge is -1.98. The van der Waals surface area contributed by atoms with Crippen LogP contribution >= 0.6 is 0 Å². The van der Waals surface area contributed by atoms with Crippen LogP contribution in [0.5, 0.6) is 0 Å². The second-order valence-corrected chi connectivity index (χ2v) is 4.09. The third kappa shape index (κ3) is 2.04. The van der Waals surface area contributed by atoms with Gasteiger partial charge < -0.3 is 10.3 Å². The van der Waals surface area contributed by atoms with Gasteiger partial charge in [0.1, 0.15) is 5.82 Å². The molecule has 0 saturated carbocycles. The van der Waals surface area contributed by atoms with E-state index in [0.717, 1.165) is 30.1 Å². The van der Waals surface area contributed by atoms with Crippen LogP contribution in [-0.2, 0) is 6.42 Å². The summed E-state index contributed by atoms with van der Waals surface area (Å²) >= 11 is 0. The van der Waals surface area contributed by atoms with Crippen molar-refractivity contribution in [3.8, 4) is 0 Å². The van der Waals surface area contributed by atoms with Gasteiger partial charge in [0.25, 0.3) is 0 Å². The molecule has 92 valence electrons. The maximum Gasteiger partial charge on any atom is 0.243 e. The second-order valence-electron chi connectivity index (χ2n) is 4.09. The number of aryl methyl sites for hydroxylation is 1. The molecule has 6 nitrogen and oxygen atoms in total. The van der Waals surface area contributed by atoms with Crippen LogP contribution in [0, 0.1) is 6.92 Å². The van der Waals surface area contributed by atoms with Crippen LogP contribution in [0.25, 0.3) is 5.65 Å². The summed E-state index contributed by atoms with van der Waals surface area (Å²) in [5.74, 6) is 1.61. The maximum atomic E-state index is 4.40. The van der Waals surface area contributed by atoms with Crippen molar-refractivity contribution in [2.24, 2.45) is 0 Å². The Balaban J connectivity index is 1.69. The number of aromatic nitrogens is 5. The monoisotopic (exact) mass is 242 g/mol. The predicted molar refractivity (Wildman–Crippen MR) is 68.5 cm³/mol. The Morgan fingerprint density at radius 1 is 1.39 bits per heavy atom. The fourth-order valence-corrected chi connectivity index (χ4v) is 1.84. The molecule has 0 aliphatic carbocycles. The smallest absolute Gasteiger partial charge is 0.243 e. The first kappa shape index (κ1) is 10.8. The van der Waals surface area contributed by atoms with Gasteiger partial charge in [-0.25, -0.2) is 9.50 Å². The van der Waals surface area contributed by atoms with Crippen molar-refractivity contribution >= 4 is 11.6 Å². The number of nitrogens with zero attached hydrogens (tertiary/aromatic N) is 4. The summed E-state index contributed by atoms with van der Waals surface area (Å²) in [7, 11) is 0. The number of H-pyrrole nitrogens is 1. The minimum atomic E-state index is 0.649. The molecule has 0 aliphatic heterocycles. The number of anilines is 1. The van der Waals surface area contributed by atoms with Crippen molar-refractivity contribution in [1.82, 2.24) is 24.6 Å². The molecule has 3 rings (SSSR count). The van der Waals surface area contributed by atoms with Gasteiger partial charge in [-0.15, -0.1) is 5.10 Å². The highest BCUT2D eigenvalue weighted by molar-refractivity contribution is 5.44. The zero-order chi connectivity index (χ0) is 12.4. The van der Waals surface area contributed by atoms with E-state index in [4.69, 9.17) is 0 Å². The summed E-state index contributed by atoms with van der Waals surface area (Å²) in [6.45, 7) is 2.76. The zero-order valence-electron chi connectivity index (χ0n) is 10.1. The average molecular weight is 242 g/mol. The number of rotatable bonds is 4. The molecule has 0 atom stereocenters. The van der Waals surface area contributed by atoms with E-state index in [1.165, 1.54) is 0 Å². The van der Waals surface area contributed by atoms with Crippen LogP contribution in [-0.4, -0.2) is 31.1 Å². The SMILES string of the molecule is Cc1cccc2nc(NCCc3ncc[nH]3)nn12. The van der Waals surface area contributed by atoms with Gasteiger partial charge in [0.2, 0.25) is 5.95 Å². The molecule has 0 amide bonds. The van der Waals surface area contributed by atoms with Gasteiger partial charge in [-0.1, -0.05) is 6.07 Å². The van der Waals surface area contributed by atoms with Gasteiger partial charge in [0, 0.05) is 31.1 Å². The zero-order valence-corrected chi connectivity index (χ0v) is 10.1. The van der Waals surface area contributed by atoms with E-state index in [0.29, 0.717) is 5.95 Å². The third-order valence-electron chi connectivity index (χ3n) is 2.75. The van der Waals surface area contributed by atoms with E-state index in [2.05, 4.69) is 25.4 Å². The van der Waals surface area contributed by atoms with E-state index in [1.54, 1.807) is 6.20 Å². The lowest BCUT2D eigenvalue weighted by atomic mass is 10.4. The highest BCUT2D eigenvalue weighted by Gasteiger charge is 2.04. The Labute approximate surface area is 104 Å². The molecule has 6 heteroatoms. The summed E-state index contributed by atoms with van der Waals surface area (Å²) in [5.41, 5.74) is 1.93. The Hall–Kier alpha value is -2.37.